The van der Waals surface area contributed by atoms with Crippen molar-refractivity contribution in [2.45, 2.75) is 6.92 Å². The van der Waals surface area contributed by atoms with E-state index in [2.05, 4.69) is 4.98 Å². The summed E-state index contributed by atoms with van der Waals surface area (Å²) in [5.41, 5.74) is 2.70. The number of ketones is 1. The lowest BCUT2D eigenvalue weighted by Crippen LogP contribution is -2.08. The van der Waals surface area contributed by atoms with Gasteiger partial charge in [-0.25, -0.2) is 4.39 Å². The molecule has 0 bridgehead atoms. The predicted molar refractivity (Wildman–Crippen MR) is 83.6 cm³/mol. The van der Waals surface area contributed by atoms with Crippen LogP contribution in [-0.4, -0.2) is 16.0 Å². The van der Waals surface area contributed by atoms with E-state index in [1.54, 1.807) is 31.2 Å². The van der Waals surface area contributed by atoms with E-state index in [1.165, 1.54) is 12.1 Å². The molecule has 3 rings (SSSR count). The number of para-hydroxylation sites is 1. The highest BCUT2D eigenvalue weighted by Gasteiger charge is 2.24. The van der Waals surface area contributed by atoms with Crippen LogP contribution in [0.3, 0.4) is 0 Å². The van der Waals surface area contributed by atoms with Gasteiger partial charge >= 0.3 is 0 Å². The van der Waals surface area contributed by atoms with Gasteiger partial charge in [-0.2, -0.15) is 0 Å². The lowest BCUT2D eigenvalue weighted by molar-refractivity contribution is -0.108. The molecule has 1 heterocycles. The second-order valence-electron chi connectivity index (χ2n) is 4.98. The molecule has 0 amide bonds. The van der Waals surface area contributed by atoms with Gasteiger partial charge in [0.15, 0.2) is 0 Å². The first kappa shape index (κ1) is 14.5. The molecule has 3 aromatic rings. The van der Waals surface area contributed by atoms with Crippen molar-refractivity contribution in [1.29, 1.82) is 0 Å². The van der Waals surface area contributed by atoms with Crippen molar-refractivity contribution < 1.29 is 14.0 Å². The number of hydrogen-bond acceptors (Lipinski definition) is 2. The van der Waals surface area contributed by atoms with Crippen LogP contribution in [0.4, 0.5) is 4.39 Å². The number of aryl methyl sites for hydroxylation is 1. The molecule has 3 nitrogen and oxygen atoms in total. The van der Waals surface area contributed by atoms with Gasteiger partial charge in [-0.15, -0.1) is 0 Å². The summed E-state index contributed by atoms with van der Waals surface area (Å²) < 4.78 is 13.3. The summed E-state index contributed by atoms with van der Waals surface area (Å²) in [6.07, 6.45) is 0. The molecule has 0 saturated heterocycles. The molecular formula is C17H11ClFNO2. The molecule has 1 N–H and O–H groups in total. The summed E-state index contributed by atoms with van der Waals surface area (Å²) in [6, 6.07) is 11.4. The molecule has 1 aromatic heterocycles. The fourth-order valence-electron chi connectivity index (χ4n) is 2.59. The topological polar surface area (TPSA) is 49.9 Å². The zero-order valence-corrected chi connectivity index (χ0v) is 12.4. The third-order valence-electron chi connectivity index (χ3n) is 3.57. The van der Waals surface area contributed by atoms with Gasteiger partial charge in [-0.1, -0.05) is 18.2 Å². The molecule has 2 aromatic carbocycles. The largest absolute Gasteiger partial charge is 0.354 e. The zero-order chi connectivity index (χ0) is 15.9. The highest BCUT2D eigenvalue weighted by atomic mass is 35.5. The van der Waals surface area contributed by atoms with Gasteiger partial charge in [0.25, 0.3) is 5.24 Å². The molecule has 0 atom stereocenters. The minimum Gasteiger partial charge on any atom is -0.354 e. The maximum absolute atomic E-state index is 13.3. The molecule has 110 valence electrons. The Bertz CT molecular complexity index is 914. The summed E-state index contributed by atoms with van der Waals surface area (Å²) in [6.45, 7) is 1.74. The van der Waals surface area contributed by atoms with Crippen LogP contribution < -0.4 is 0 Å². The summed E-state index contributed by atoms with van der Waals surface area (Å²) in [7, 11) is 0. The first-order valence-electron chi connectivity index (χ1n) is 6.60. The van der Waals surface area contributed by atoms with Crippen molar-refractivity contribution in [1.82, 2.24) is 4.98 Å². The van der Waals surface area contributed by atoms with E-state index >= 15 is 0 Å². The van der Waals surface area contributed by atoms with E-state index < -0.39 is 11.0 Å². The highest BCUT2D eigenvalue weighted by Crippen LogP contribution is 2.33. The molecule has 0 saturated carbocycles. The predicted octanol–water partition coefficient (Wildman–Crippen LogP) is 4.23. The van der Waals surface area contributed by atoms with Crippen LogP contribution in [-0.2, 0) is 4.79 Å². The van der Waals surface area contributed by atoms with Gasteiger partial charge in [0.1, 0.15) is 5.82 Å². The number of Topliss-reactive ketones (excluding diaryl/α,β-unsaturated/α-hetero) is 1. The summed E-state index contributed by atoms with van der Waals surface area (Å²) in [5.74, 6) is -1.14. The van der Waals surface area contributed by atoms with Crippen molar-refractivity contribution >= 4 is 33.5 Å². The number of aromatic nitrogens is 1. The monoisotopic (exact) mass is 315 g/mol. The minimum atomic E-state index is -1.05. The molecular weight excluding hydrogens is 305 g/mol. The number of carbonyl (C=O) groups is 2. The number of nitrogens with one attached hydrogen (secondary N) is 1. The Hall–Kier alpha value is -2.46. The van der Waals surface area contributed by atoms with Crippen LogP contribution in [0.5, 0.6) is 0 Å². The Labute approximate surface area is 130 Å². The van der Waals surface area contributed by atoms with E-state index in [9.17, 15) is 14.0 Å². The molecule has 0 unspecified atom stereocenters. The number of aromatic amines is 1. The third-order valence-corrected chi connectivity index (χ3v) is 3.74. The first-order valence-corrected chi connectivity index (χ1v) is 6.98. The Morgan fingerprint density at radius 2 is 1.86 bits per heavy atom. The van der Waals surface area contributed by atoms with Crippen molar-refractivity contribution in [3.8, 4) is 11.3 Å². The van der Waals surface area contributed by atoms with Crippen molar-refractivity contribution in [2.75, 3.05) is 0 Å². The maximum atomic E-state index is 13.3. The number of rotatable bonds is 3. The van der Waals surface area contributed by atoms with Crippen molar-refractivity contribution in [3.05, 3.63) is 59.4 Å². The van der Waals surface area contributed by atoms with Gasteiger partial charge < -0.3 is 4.98 Å². The quantitative estimate of drug-likeness (QED) is 0.447. The SMILES string of the molecule is Cc1cc(F)ccc1-c1[nH]c2ccccc2c1C(=O)C(=O)Cl. The average Bonchev–Trinajstić information content (AvgIpc) is 2.85. The van der Waals surface area contributed by atoms with Crippen molar-refractivity contribution in [3.63, 3.8) is 0 Å². The van der Waals surface area contributed by atoms with Crippen LogP contribution in [0.15, 0.2) is 42.5 Å². The van der Waals surface area contributed by atoms with Gasteiger partial charge in [0, 0.05) is 16.5 Å². The number of benzene rings is 2. The fourth-order valence-corrected chi connectivity index (χ4v) is 2.68. The number of carbonyl (C=O) groups excluding carboxylic acids is 2. The lowest BCUT2D eigenvalue weighted by atomic mass is 9.99. The highest BCUT2D eigenvalue weighted by molar-refractivity contribution is 6.83. The van der Waals surface area contributed by atoms with Gasteiger partial charge in [-0.05, 0) is 48.4 Å². The fraction of sp³-hybridized carbons (Fsp3) is 0.0588. The second kappa shape index (κ2) is 5.39. The number of hydrogen-bond donors (Lipinski definition) is 1. The number of halogens is 2. The molecule has 0 fully saturated rings. The Kier molecular flexibility index (Phi) is 3.54. The van der Waals surface area contributed by atoms with Crippen LogP contribution >= 0.6 is 11.6 Å². The van der Waals surface area contributed by atoms with Gasteiger partial charge in [-0.3, -0.25) is 9.59 Å². The number of H-pyrrole nitrogens is 1. The zero-order valence-electron chi connectivity index (χ0n) is 11.6. The standard InChI is InChI=1S/C17H11ClFNO2/c1-9-8-10(19)6-7-11(9)15-14(16(21)17(18)22)12-4-2-3-5-13(12)20-15/h2-8,20H,1H3. The summed E-state index contributed by atoms with van der Waals surface area (Å²) >= 11 is 5.38. The Morgan fingerprint density at radius 3 is 2.55 bits per heavy atom. The van der Waals surface area contributed by atoms with E-state index in [0.717, 1.165) is 0 Å². The van der Waals surface area contributed by atoms with Crippen LogP contribution in [0.2, 0.25) is 0 Å². The summed E-state index contributed by atoms with van der Waals surface area (Å²) in [4.78, 5) is 26.7. The van der Waals surface area contributed by atoms with E-state index in [0.29, 0.717) is 27.7 Å². The third kappa shape index (κ3) is 2.31. The smallest absolute Gasteiger partial charge is 0.293 e. The van der Waals surface area contributed by atoms with Crippen LogP contribution in [0.25, 0.3) is 22.2 Å². The minimum absolute atomic E-state index is 0.213. The first-order chi connectivity index (χ1) is 10.5. The van der Waals surface area contributed by atoms with E-state index in [-0.39, 0.29) is 11.4 Å². The average molecular weight is 316 g/mol. The normalized spacial score (nSPS) is 10.9. The molecule has 0 aliphatic heterocycles. The maximum Gasteiger partial charge on any atom is 0.293 e. The summed E-state index contributed by atoms with van der Waals surface area (Å²) in [5, 5.41) is -0.439. The van der Waals surface area contributed by atoms with Crippen molar-refractivity contribution in [2.24, 2.45) is 0 Å². The van der Waals surface area contributed by atoms with Gasteiger partial charge in [0.2, 0.25) is 5.78 Å². The molecule has 0 spiro atoms. The van der Waals surface area contributed by atoms with E-state index in [4.69, 9.17) is 11.6 Å². The molecule has 0 aliphatic carbocycles. The van der Waals surface area contributed by atoms with Crippen LogP contribution in [0, 0.1) is 12.7 Å². The van der Waals surface area contributed by atoms with Gasteiger partial charge in [0.05, 0.1) is 11.3 Å². The number of fused-ring (bicyclic) bond motifs is 1. The molecule has 5 heteroatoms. The Morgan fingerprint density at radius 1 is 1.14 bits per heavy atom. The lowest BCUT2D eigenvalue weighted by Gasteiger charge is -2.06. The second-order valence-corrected chi connectivity index (χ2v) is 5.33. The molecule has 22 heavy (non-hydrogen) atoms. The van der Waals surface area contributed by atoms with E-state index in [1.807, 2.05) is 6.07 Å². The van der Waals surface area contributed by atoms with Crippen LogP contribution in [0.1, 0.15) is 15.9 Å². The Balaban J connectivity index is 2.35. The molecule has 0 radical (unpaired) electrons. The molecule has 0 aliphatic rings.